The number of alkyl halides is 4. The molecular formula is C20H32Br4N4O4. The Morgan fingerprint density at radius 3 is 0.688 bits per heavy atom. The van der Waals surface area contributed by atoms with Crippen molar-refractivity contribution in [3.63, 3.8) is 0 Å². The minimum absolute atomic E-state index is 0.171. The van der Waals surface area contributed by atoms with Crippen molar-refractivity contribution in [1.82, 2.24) is 19.6 Å². The molecule has 2 fully saturated rings. The normalized spacial score (nSPS) is 16.4. The molecule has 0 bridgehead atoms. The summed E-state index contributed by atoms with van der Waals surface area (Å²) >= 11 is 13.0. The molecule has 2 saturated heterocycles. The smallest absolute Gasteiger partial charge is 0.223 e. The molecule has 2 rings (SSSR count). The first-order chi connectivity index (χ1) is 15.4. The van der Waals surface area contributed by atoms with Crippen molar-refractivity contribution in [2.75, 3.05) is 73.7 Å². The maximum atomic E-state index is 11.6. The van der Waals surface area contributed by atoms with Gasteiger partial charge < -0.3 is 19.6 Å². The molecule has 0 atom stereocenters. The van der Waals surface area contributed by atoms with Crippen LogP contribution in [0, 0.1) is 0 Å². The molecule has 8 nitrogen and oxygen atoms in total. The van der Waals surface area contributed by atoms with Crippen LogP contribution >= 0.6 is 63.7 Å². The lowest BCUT2D eigenvalue weighted by Crippen LogP contribution is -2.50. The first kappa shape index (κ1) is 29.8. The van der Waals surface area contributed by atoms with Crippen molar-refractivity contribution in [3.05, 3.63) is 0 Å². The number of rotatable bonds is 8. The number of hydrogen-bond acceptors (Lipinski definition) is 4. The van der Waals surface area contributed by atoms with Gasteiger partial charge in [-0.15, -0.1) is 0 Å². The summed E-state index contributed by atoms with van der Waals surface area (Å²) in [7, 11) is 0. The third kappa shape index (κ3) is 10.8. The van der Waals surface area contributed by atoms with Crippen molar-refractivity contribution >= 4 is 87.3 Å². The van der Waals surface area contributed by atoms with Gasteiger partial charge >= 0.3 is 0 Å². The van der Waals surface area contributed by atoms with Crippen molar-refractivity contribution in [2.24, 2.45) is 0 Å². The Balaban J connectivity index is 0.000000320. The van der Waals surface area contributed by atoms with Gasteiger partial charge in [-0.1, -0.05) is 63.7 Å². The molecule has 0 aromatic heterocycles. The van der Waals surface area contributed by atoms with Crippen molar-refractivity contribution in [2.45, 2.75) is 25.7 Å². The second-order valence-corrected chi connectivity index (χ2v) is 10.5. The summed E-state index contributed by atoms with van der Waals surface area (Å²) in [5.41, 5.74) is 0. The Hall–Kier alpha value is -0.200. The molecule has 0 aliphatic carbocycles. The zero-order chi connectivity index (χ0) is 23.9. The molecule has 184 valence electrons. The summed E-state index contributed by atoms with van der Waals surface area (Å²) in [4.78, 5) is 53.7. The highest BCUT2D eigenvalue weighted by atomic mass is 79.9. The summed E-state index contributed by atoms with van der Waals surface area (Å²) in [5, 5.41) is 2.81. The third-order valence-corrected chi connectivity index (χ3v) is 6.79. The largest absolute Gasteiger partial charge is 0.339 e. The first-order valence-electron chi connectivity index (χ1n) is 10.7. The van der Waals surface area contributed by atoms with Gasteiger partial charge in [0.05, 0.1) is 0 Å². The number of hydrogen-bond donors (Lipinski definition) is 0. The standard InChI is InChI=1S/2C10H16Br2N2O2/c2*11-3-1-9(15)13-5-7-14(8-6-13)10(16)2-4-12/h2*1-8H2. The second-order valence-electron chi connectivity index (χ2n) is 7.28. The number of piperazine rings is 2. The van der Waals surface area contributed by atoms with Crippen molar-refractivity contribution < 1.29 is 19.2 Å². The van der Waals surface area contributed by atoms with Crippen LogP contribution in [0.25, 0.3) is 0 Å². The van der Waals surface area contributed by atoms with Crippen LogP contribution in [0.15, 0.2) is 0 Å². The number of amides is 4. The number of carbonyl (C=O) groups is 4. The lowest BCUT2D eigenvalue weighted by Gasteiger charge is -2.34. The van der Waals surface area contributed by atoms with E-state index in [4.69, 9.17) is 0 Å². The highest BCUT2D eigenvalue weighted by Crippen LogP contribution is 2.08. The van der Waals surface area contributed by atoms with Crippen LogP contribution in [0.1, 0.15) is 25.7 Å². The highest BCUT2D eigenvalue weighted by Gasteiger charge is 2.24. The Morgan fingerprint density at radius 2 is 0.562 bits per heavy atom. The van der Waals surface area contributed by atoms with E-state index in [9.17, 15) is 19.2 Å². The minimum atomic E-state index is 0.171. The molecule has 0 unspecified atom stereocenters. The van der Waals surface area contributed by atoms with Gasteiger partial charge in [-0.25, -0.2) is 0 Å². The fourth-order valence-corrected chi connectivity index (χ4v) is 4.72. The van der Waals surface area contributed by atoms with Crippen LogP contribution in [-0.2, 0) is 19.2 Å². The monoisotopic (exact) mass is 708 g/mol. The predicted molar refractivity (Wildman–Crippen MR) is 140 cm³/mol. The Bertz CT molecular complexity index is 506. The van der Waals surface area contributed by atoms with Crippen molar-refractivity contribution in [3.8, 4) is 0 Å². The van der Waals surface area contributed by atoms with Gasteiger partial charge in [0.15, 0.2) is 0 Å². The molecule has 0 aromatic rings. The quantitative estimate of drug-likeness (QED) is 0.363. The van der Waals surface area contributed by atoms with Gasteiger partial charge in [-0.2, -0.15) is 0 Å². The molecule has 12 heteroatoms. The summed E-state index contributed by atoms with van der Waals surface area (Å²) in [5.74, 6) is 0.683. The third-order valence-electron chi connectivity index (χ3n) is 5.20. The highest BCUT2D eigenvalue weighted by molar-refractivity contribution is 9.09. The Labute approximate surface area is 224 Å². The minimum Gasteiger partial charge on any atom is -0.339 e. The van der Waals surface area contributed by atoms with Crippen LogP contribution in [-0.4, -0.2) is 117 Å². The van der Waals surface area contributed by atoms with E-state index >= 15 is 0 Å². The molecule has 0 N–H and O–H groups in total. The predicted octanol–water partition coefficient (Wildman–Crippen LogP) is 2.45. The fourth-order valence-electron chi connectivity index (χ4n) is 3.37. The van der Waals surface area contributed by atoms with Crippen molar-refractivity contribution in [1.29, 1.82) is 0 Å². The van der Waals surface area contributed by atoms with E-state index in [0.717, 1.165) is 0 Å². The van der Waals surface area contributed by atoms with E-state index in [-0.39, 0.29) is 23.6 Å². The molecule has 0 spiro atoms. The van der Waals surface area contributed by atoms with E-state index in [2.05, 4.69) is 63.7 Å². The topological polar surface area (TPSA) is 81.2 Å². The number of halogens is 4. The van der Waals surface area contributed by atoms with E-state index in [1.165, 1.54) is 0 Å². The first-order valence-corrected chi connectivity index (χ1v) is 15.2. The molecule has 2 aliphatic heterocycles. The van der Waals surface area contributed by atoms with E-state index in [1.54, 1.807) is 0 Å². The second kappa shape index (κ2) is 17.3. The average Bonchev–Trinajstić information content (AvgIpc) is 2.80. The lowest BCUT2D eigenvalue weighted by molar-refractivity contribution is -0.139. The summed E-state index contributed by atoms with van der Waals surface area (Å²) < 4.78 is 0. The molecule has 0 radical (unpaired) electrons. The number of carbonyl (C=O) groups excluding carboxylic acids is 4. The Kier molecular flexibility index (Phi) is 16.1. The lowest BCUT2D eigenvalue weighted by atomic mass is 10.2. The van der Waals surface area contributed by atoms with Crippen LogP contribution in [0.3, 0.4) is 0 Å². The maximum absolute atomic E-state index is 11.6. The summed E-state index contributed by atoms with van der Waals surface area (Å²) in [6.45, 7) is 5.33. The number of nitrogens with zero attached hydrogens (tertiary/aromatic N) is 4. The van der Waals surface area contributed by atoms with Crippen LogP contribution in [0.4, 0.5) is 0 Å². The van der Waals surface area contributed by atoms with E-state index in [0.29, 0.717) is 99.4 Å². The zero-order valence-electron chi connectivity index (χ0n) is 18.2. The zero-order valence-corrected chi connectivity index (χ0v) is 24.6. The van der Waals surface area contributed by atoms with Gasteiger partial charge in [-0.05, 0) is 0 Å². The molecule has 32 heavy (non-hydrogen) atoms. The SMILES string of the molecule is O=C(CCBr)N1CCN(C(=O)CCBr)CC1.O=C(CCBr)N1CCN(C(=O)CCBr)CC1. The molecule has 4 amide bonds. The van der Waals surface area contributed by atoms with E-state index in [1.807, 2.05) is 19.6 Å². The molecule has 0 saturated carbocycles. The van der Waals surface area contributed by atoms with Crippen LogP contribution in [0.2, 0.25) is 0 Å². The molecular weight excluding hydrogens is 680 g/mol. The summed E-state index contributed by atoms with van der Waals surface area (Å²) in [6, 6.07) is 0. The Morgan fingerprint density at radius 1 is 0.406 bits per heavy atom. The summed E-state index contributed by atoms with van der Waals surface area (Å²) in [6.07, 6.45) is 2.15. The van der Waals surface area contributed by atoms with Crippen LogP contribution < -0.4 is 0 Å². The van der Waals surface area contributed by atoms with Gasteiger partial charge in [-0.3, -0.25) is 19.2 Å². The van der Waals surface area contributed by atoms with Gasteiger partial charge in [0, 0.05) is 99.4 Å². The van der Waals surface area contributed by atoms with Gasteiger partial charge in [0.1, 0.15) is 0 Å². The molecule has 0 aromatic carbocycles. The van der Waals surface area contributed by atoms with Crippen LogP contribution in [0.5, 0.6) is 0 Å². The maximum Gasteiger partial charge on any atom is 0.223 e. The van der Waals surface area contributed by atoms with Gasteiger partial charge in [0.2, 0.25) is 23.6 Å². The van der Waals surface area contributed by atoms with Gasteiger partial charge in [0.25, 0.3) is 0 Å². The molecule has 2 aliphatic rings. The fraction of sp³-hybridized carbons (Fsp3) is 0.800. The van der Waals surface area contributed by atoms with E-state index < -0.39 is 0 Å². The average molecular weight is 712 g/mol. The molecule has 2 heterocycles.